The molecule has 4 heteroatoms. The highest BCUT2D eigenvalue weighted by Crippen LogP contribution is 2.26. The molecule has 0 atom stereocenters. The van der Waals surface area contributed by atoms with Gasteiger partial charge >= 0.3 is 5.63 Å². The second-order valence-electron chi connectivity index (χ2n) is 4.30. The number of nitrogens with zero attached hydrogens (tertiary/aromatic N) is 1. The molecule has 0 unspecified atom stereocenters. The third-order valence-electron chi connectivity index (χ3n) is 3.03. The number of hydrogen-bond acceptors (Lipinski definition) is 3. The molecule has 0 saturated heterocycles. The zero-order valence-electron chi connectivity index (χ0n) is 9.95. The SMILES string of the molecule is Cc1cc2nc3ccc(Br)cc3c(C)c2c(=O)o1. The molecule has 0 radical (unpaired) electrons. The molecule has 3 nitrogen and oxygen atoms in total. The molecule has 2 aromatic heterocycles. The smallest absolute Gasteiger partial charge is 0.345 e. The normalized spacial score (nSPS) is 11.3. The molecule has 18 heavy (non-hydrogen) atoms. The topological polar surface area (TPSA) is 43.1 Å². The highest BCUT2D eigenvalue weighted by molar-refractivity contribution is 9.10. The average molecular weight is 304 g/mol. The van der Waals surface area contributed by atoms with Gasteiger partial charge in [0.15, 0.2) is 0 Å². The van der Waals surface area contributed by atoms with E-state index in [4.69, 9.17) is 4.42 Å². The van der Waals surface area contributed by atoms with E-state index in [1.54, 1.807) is 13.0 Å². The molecule has 0 amide bonds. The minimum atomic E-state index is -0.322. The van der Waals surface area contributed by atoms with Crippen LogP contribution in [-0.2, 0) is 0 Å². The summed E-state index contributed by atoms with van der Waals surface area (Å²) in [5, 5.41) is 1.53. The van der Waals surface area contributed by atoms with Gasteiger partial charge in [-0.25, -0.2) is 9.78 Å². The molecule has 0 fully saturated rings. The van der Waals surface area contributed by atoms with Crippen LogP contribution in [0.5, 0.6) is 0 Å². The quantitative estimate of drug-likeness (QED) is 0.594. The summed E-state index contributed by atoms with van der Waals surface area (Å²) in [5.41, 5.74) is 2.16. The van der Waals surface area contributed by atoms with Crippen molar-refractivity contribution < 1.29 is 4.42 Å². The van der Waals surface area contributed by atoms with E-state index in [0.717, 1.165) is 20.9 Å². The lowest BCUT2D eigenvalue weighted by atomic mass is 10.1. The Balaban J connectivity index is 2.61. The van der Waals surface area contributed by atoms with Crippen molar-refractivity contribution in [2.75, 3.05) is 0 Å². The average Bonchev–Trinajstić information content (AvgIpc) is 2.29. The number of fused-ring (bicyclic) bond motifs is 2. The second-order valence-corrected chi connectivity index (χ2v) is 5.22. The van der Waals surface area contributed by atoms with Crippen molar-refractivity contribution in [3.63, 3.8) is 0 Å². The fraction of sp³-hybridized carbons (Fsp3) is 0.143. The fourth-order valence-corrected chi connectivity index (χ4v) is 2.56. The minimum absolute atomic E-state index is 0.322. The van der Waals surface area contributed by atoms with Gasteiger partial charge in [0, 0.05) is 15.9 Å². The van der Waals surface area contributed by atoms with Gasteiger partial charge < -0.3 is 4.42 Å². The molecule has 3 aromatic rings. The molecule has 90 valence electrons. The largest absolute Gasteiger partial charge is 0.428 e. The minimum Gasteiger partial charge on any atom is -0.428 e. The Morgan fingerprint density at radius 3 is 2.72 bits per heavy atom. The van der Waals surface area contributed by atoms with Gasteiger partial charge in [0.25, 0.3) is 0 Å². The second kappa shape index (κ2) is 3.92. The summed E-state index contributed by atoms with van der Waals surface area (Å²) >= 11 is 3.43. The van der Waals surface area contributed by atoms with Crippen LogP contribution in [0.4, 0.5) is 0 Å². The molecule has 0 saturated carbocycles. The summed E-state index contributed by atoms with van der Waals surface area (Å²) in [4.78, 5) is 16.5. The molecule has 3 rings (SSSR count). The Labute approximate surface area is 112 Å². The first-order valence-corrected chi connectivity index (χ1v) is 6.36. The number of rotatable bonds is 0. The summed E-state index contributed by atoms with van der Waals surface area (Å²) in [5.74, 6) is 0.580. The number of benzene rings is 1. The summed E-state index contributed by atoms with van der Waals surface area (Å²) in [6.07, 6.45) is 0. The maximum Gasteiger partial charge on any atom is 0.345 e. The molecule has 0 aliphatic heterocycles. The fourth-order valence-electron chi connectivity index (χ4n) is 2.20. The summed E-state index contributed by atoms with van der Waals surface area (Å²) in [6.45, 7) is 3.68. The molecule has 0 aliphatic rings. The summed E-state index contributed by atoms with van der Waals surface area (Å²) in [7, 11) is 0. The Hall–Kier alpha value is -1.68. The molecule has 0 spiro atoms. The number of aromatic nitrogens is 1. The van der Waals surface area contributed by atoms with E-state index in [0.29, 0.717) is 16.7 Å². The Morgan fingerprint density at radius 1 is 1.17 bits per heavy atom. The molecular formula is C14H10BrNO2. The zero-order valence-corrected chi connectivity index (χ0v) is 11.5. The van der Waals surface area contributed by atoms with Crippen LogP contribution in [0.2, 0.25) is 0 Å². The lowest BCUT2D eigenvalue weighted by Gasteiger charge is -2.06. The van der Waals surface area contributed by atoms with Gasteiger partial charge in [0.1, 0.15) is 5.76 Å². The third kappa shape index (κ3) is 1.64. The lowest BCUT2D eigenvalue weighted by molar-refractivity contribution is 0.488. The molecule has 1 aromatic carbocycles. The van der Waals surface area contributed by atoms with Crippen LogP contribution in [0.1, 0.15) is 11.3 Å². The zero-order chi connectivity index (χ0) is 12.9. The Bertz CT molecular complexity index is 836. The van der Waals surface area contributed by atoms with Crippen molar-refractivity contribution in [2.24, 2.45) is 0 Å². The van der Waals surface area contributed by atoms with Crippen LogP contribution in [0.15, 0.2) is 37.9 Å². The summed E-state index contributed by atoms with van der Waals surface area (Å²) in [6, 6.07) is 7.65. The molecule has 0 N–H and O–H groups in total. The van der Waals surface area contributed by atoms with Crippen LogP contribution in [0.3, 0.4) is 0 Å². The maximum atomic E-state index is 11.9. The highest BCUT2D eigenvalue weighted by Gasteiger charge is 2.11. The number of aryl methyl sites for hydroxylation is 2. The third-order valence-corrected chi connectivity index (χ3v) is 3.53. The van der Waals surface area contributed by atoms with Crippen LogP contribution in [0, 0.1) is 13.8 Å². The standard InChI is InChI=1S/C14H10BrNO2/c1-7-5-12-13(14(17)18-7)8(2)10-6-9(15)3-4-11(10)16-12/h3-6H,1-2H3. The lowest BCUT2D eigenvalue weighted by Crippen LogP contribution is -2.04. The van der Waals surface area contributed by atoms with Crippen LogP contribution >= 0.6 is 15.9 Å². The first kappa shape index (κ1) is 11.4. The van der Waals surface area contributed by atoms with E-state index < -0.39 is 0 Å². The van der Waals surface area contributed by atoms with Gasteiger partial charge in [-0.1, -0.05) is 15.9 Å². The molecule has 0 bridgehead atoms. The van der Waals surface area contributed by atoms with E-state index in [1.807, 2.05) is 25.1 Å². The van der Waals surface area contributed by atoms with E-state index in [1.165, 1.54) is 0 Å². The number of hydrogen-bond donors (Lipinski definition) is 0. The molecular weight excluding hydrogens is 294 g/mol. The van der Waals surface area contributed by atoms with Crippen molar-refractivity contribution in [3.05, 3.63) is 50.5 Å². The van der Waals surface area contributed by atoms with Gasteiger partial charge in [-0.05, 0) is 37.6 Å². The van der Waals surface area contributed by atoms with Crippen LogP contribution < -0.4 is 5.63 Å². The van der Waals surface area contributed by atoms with E-state index in [9.17, 15) is 4.79 Å². The number of pyridine rings is 1. The van der Waals surface area contributed by atoms with Gasteiger partial charge in [-0.3, -0.25) is 0 Å². The van der Waals surface area contributed by atoms with Gasteiger partial charge in [0.05, 0.1) is 16.4 Å². The van der Waals surface area contributed by atoms with Crippen LogP contribution in [-0.4, -0.2) is 4.98 Å². The highest BCUT2D eigenvalue weighted by atomic mass is 79.9. The van der Waals surface area contributed by atoms with Crippen molar-refractivity contribution in [1.29, 1.82) is 0 Å². The monoisotopic (exact) mass is 303 g/mol. The number of halogens is 1. The van der Waals surface area contributed by atoms with E-state index in [-0.39, 0.29) is 5.63 Å². The first-order chi connectivity index (χ1) is 8.56. The maximum absolute atomic E-state index is 11.9. The van der Waals surface area contributed by atoms with Crippen molar-refractivity contribution in [3.8, 4) is 0 Å². The predicted octanol–water partition coefficient (Wildman–Crippen LogP) is 3.72. The Kier molecular flexibility index (Phi) is 2.48. The predicted molar refractivity (Wildman–Crippen MR) is 75.0 cm³/mol. The molecule has 2 heterocycles. The van der Waals surface area contributed by atoms with Gasteiger partial charge in [-0.15, -0.1) is 0 Å². The van der Waals surface area contributed by atoms with E-state index >= 15 is 0 Å². The van der Waals surface area contributed by atoms with Crippen molar-refractivity contribution in [2.45, 2.75) is 13.8 Å². The van der Waals surface area contributed by atoms with Crippen molar-refractivity contribution >= 4 is 37.7 Å². The first-order valence-electron chi connectivity index (χ1n) is 5.56. The Morgan fingerprint density at radius 2 is 1.94 bits per heavy atom. The molecule has 0 aliphatic carbocycles. The van der Waals surface area contributed by atoms with Crippen molar-refractivity contribution in [1.82, 2.24) is 4.98 Å². The van der Waals surface area contributed by atoms with E-state index in [2.05, 4.69) is 20.9 Å². The van der Waals surface area contributed by atoms with Gasteiger partial charge in [-0.2, -0.15) is 0 Å². The van der Waals surface area contributed by atoms with Gasteiger partial charge in [0.2, 0.25) is 0 Å². The summed E-state index contributed by atoms with van der Waals surface area (Å²) < 4.78 is 6.11. The van der Waals surface area contributed by atoms with Crippen LogP contribution in [0.25, 0.3) is 21.8 Å².